The van der Waals surface area contributed by atoms with Crippen LogP contribution in [0.2, 0.25) is 0 Å². The van der Waals surface area contributed by atoms with Gasteiger partial charge in [0.25, 0.3) is 0 Å². The summed E-state index contributed by atoms with van der Waals surface area (Å²) in [7, 11) is 1.64. The molecule has 0 saturated carbocycles. The van der Waals surface area contributed by atoms with Crippen LogP contribution in [0.3, 0.4) is 0 Å². The van der Waals surface area contributed by atoms with Gasteiger partial charge in [0.05, 0.1) is 22.6 Å². The molecule has 6 nitrogen and oxygen atoms in total. The Morgan fingerprint density at radius 2 is 1.97 bits per heavy atom. The van der Waals surface area contributed by atoms with Crippen molar-refractivity contribution in [2.75, 3.05) is 7.11 Å². The number of nitrogens with zero attached hydrogens (tertiary/aromatic N) is 2. The lowest BCUT2D eigenvalue weighted by Gasteiger charge is -2.10. The van der Waals surface area contributed by atoms with E-state index in [2.05, 4.69) is 49.0 Å². The first-order chi connectivity index (χ1) is 14.5. The topological polar surface area (TPSA) is 68.8 Å². The summed E-state index contributed by atoms with van der Waals surface area (Å²) in [4.78, 5) is 12.5. The van der Waals surface area contributed by atoms with Crippen molar-refractivity contribution in [3.05, 3.63) is 79.8 Å². The quantitative estimate of drug-likeness (QED) is 0.189. The number of ether oxygens (including phenoxy) is 1. The third-order valence-electron chi connectivity index (χ3n) is 4.56. The molecular weight excluding hydrogens is 561 g/mol. The highest BCUT2D eigenvalue weighted by Gasteiger charge is 2.14. The molecule has 0 bridgehead atoms. The second kappa shape index (κ2) is 8.65. The fourth-order valence-electron chi connectivity index (χ4n) is 3.14. The predicted molar refractivity (Wildman–Crippen MR) is 129 cm³/mol. The Morgan fingerprint density at radius 3 is 2.70 bits per heavy atom. The van der Waals surface area contributed by atoms with Crippen molar-refractivity contribution < 1.29 is 13.9 Å². The van der Waals surface area contributed by atoms with Crippen LogP contribution in [-0.2, 0) is 0 Å². The number of amides is 1. The lowest BCUT2D eigenvalue weighted by molar-refractivity contribution is 0.0929. The van der Waals surface area contributed by atoms with E-state index in [4.69, 9.17) is 9.15 Å². The number of rotatable bonds is 5. The molecule has 2 heterocycles. The van der Waals surface area contributed by atoms with Gasteiger partial charge in [-0.1, -0.05) is 15.9 Å². The van der Waals surface area contributed by atoms with Crippen molar-refractivity contribution in [2.24, 2.45) is 5.10 Å². The van der Waals surface area contributed by atoms with Gasteiger partial charge in [-0.3, -0.25) is 4.79 Å². The highest BCUT2D eigenvalue weighted by atomic mass is 127. The zero-order valence-corrected chi connectivity index (χ0v) is 19.9. The van der Waals surface area contributed by atoms with Crippen LogP contribution in [0, 0.1) is 10.5 Å². The number of halogens is 2. The van der Waals surface area contributed by atoms with Gasteiger partial charge in [-0.15, -0.1) is 0 Å². The molecule has 0 spiro atoms. The molecular formula is C22H17BrIN3O3. The maximum absolute atomic E-state index is 12.5. The number of furan rings is 1. The Hall–Kier alpha value is -2.59. The van der Waals surface area contributed by atoms with Crippen LogP contribution in [0.25, 0.3) is 16.7 Å². The number of aryl methyl sites for hydroxylation is 1. The van der Waals surface area contributed by atoms with Crippen LogP contribution >= 0.6 is 38.5 Å². The Kier molecular flexibility index (Phi) is 5.96. The van der Waals surface area contributed by atoms with Gasteiger partial charge in [0.15, 0.2) is 5.76 Å². The first-order valence-corrected chi connectivity index (χ1v) is 10.9. The molecule has 0 aliphatic carbocycles. The standard InChI is InChI=1S/C22H17BrIN3O3/c1-13-3-4-17(27(13)16-5-7-18(29-2)8-6-16)12-25-26-22(28)20-10-14-9-15(23)11-19(24)21(14)30-20/h3-12H,1-2H3,(H,26,28)/b25-12+. The maximum Gasteiger partial charge on any atom is 0.307 e. The van der Waals surface area contributed by atoms with Crippen LogP contribution in [0.1, 0.15) is 21.9 Å². The number of hydrogen-bond acceptors (Lipinski definition) is 4. The monoisotopic (exact) mass is 577 g/mol. The number of aromatic nitrogens is 1. The fraction of sp³-hybridized carbons (Fsp3) is 0.0909. The summed E-state index contributed by atoms with van der Waals surface area (Å²) in [5.41, 5.74) is 6.07. The minimum absolute atomic E-state index is 0.208. The van der Waals surface area contributed by atoms with Crippen LogP contribution in [0.15, 0.2) is 68.6 Å². The summed E-state index contributed by atoms with van der Waals surface area (Å²) in [6.45, 7) is 2.01. The van der Waals surface area contributed by atoms with Gasteiger partial charge in [-0.2, -0.15) is 5.10 Å². The Labute approximate surface area is 195 Å². The van der Waals surface area contributed by atoms with Gasteiger partial charge in [-0.25, -0.2) is 5.43 Å². The zero-order valence-electron chi connectivity index (χ0n) is 16.1. The lowest BCUT2D eigenvalue weighted by Crippen LogP contribution is -2.17. The molecule has 30 heavy (non-hydrogen) atoms. The average molecular weight is 578 g/mol. The highest BCUT2D eigenvalue weighted by Crippen LogP contribution is 2.28. The Balaban J connectivity index is 1.54. The maximum atomic E-state index is 12.5. The summed E-state index contributed by atoms with van der Waals surface area (Å²) in [6.07, 6.45) is 1.61. The van der Waals surface area contributed by atoms with Gasteiger partial charge < -0.3 is 13.7 Å². The third-order valence-corrected chi connectivity index (χ3v) is 5.82. The van der Waals surface area contributed by atoms with Gasteiger partial charge in [-0.05, 0) is 84.1 Å². The molecule has 0 fully saturated rings. The summed E-state index contributed by atoms with van der Waals surface area (Å²) in [5, 5.41) is 4.97. The smallest absolute Gasteiger partial charge is 0.307 e. The van der Waals surface area contributed by atoms with Crippen molar-refractivity contribution in [1.29, 1.82) is 0 Å². The number of hydrogen-bond donors (Lipinski definition) is 1. The molecule has 1 amide bonds. The van der Waals surface area contributed by atoms with E-state index in [0.29, 0.717) is 5.58 Å². The van der Waals surface area contributed by atoms with Gasteiger partial charge >= 0.3 is 5.91 Å². The number of carbonyl (C=O) groups excluding carboxylic acids is 1. The molecule has 152 valence electrons. The number of hydrazone groups is 1. The van der Waals surface area contributed by atoms with Crippen molar-refractivity contribution in [1.82, 2.24) is 9.99 Å². The Bertz CT molecular complexity index is 1260. The summed E-state index contributed by atoms with van der Waals surface area (Å²) in [5.74, 6) is 0.590. The number of nitrogens with one attached hydrogen (secondary N) is 1. The molecule has 4 aromatic rings. The van der Waals surface area contributed by atoms with E-state index in [1.165, 1.54) is 0 Å². The molecule has 1 N–H and O–H groups in total. The number of fused-ring (bicyclic) bond motifs is 1. The highest BCUT2D eigenvalue weighted by molar-refractivity contribution is 14.1. The third kappa shape index (κ3) is 4.15. The van der Waals surface area contributed by atoms with E-state index in [0.717, 1.165) is 36.3 Å². The van der Waals surface area contributed by atoms with Crippen LogP contribution in [0.5, 0.6) is 5.75 Å². The molecule has 0 aliphatic heterocycles. The van der Waals surface area contributed by atoms with Gasteiger partial charge in [0.1, 0.15) is 11.3 Å². The van der Waals surface area contributed by atoms with Gasteiger partial charge in [0.2, 0.25) is 0 Å². The summed E-state index contributed by atoms with van der Waals surface area (Å²) >= 11 is 5.63. The second-order valence-corrected chi connectivity index (χ2v) is 8.63. The zero-order chi connectivity index (χ0) is 21.3. The average Bonchev–Trinajstić information content (AvgIpc) is 3.32. The van der Waals surface area contributed by atoms with E-state index < -0.39 is 5.91 Å². The first kappa shape index (κ1) is 20.7. The number of methoxy groups -OCH3 is 1. The molecule has 0 aliphatic rings. The number of carbonyl (C=O) groups is 1. The largest absolute Gasteiger partial charge is 0.497 e. The lowest BCUT2D eigenvalue weighted by atomic mass is 10.2. The van der Waals surface area contributed by atoms with Crippen molar-refractivity contribution >= 4 is 61.6 Å². The molecule has 0 unspecified atom stereocenters. The summed E-state index contributed by atoms with van der Waals surface area (Å²) in [6, 6.07) is 17.2. The molecule has 0 saturated heterocycles. The molecule has 0 radical (unpaired) electrons. The molecule has 2 aromatic heterocycles. The molecule has 8 heteroatoms. The second-order valence-electron chi connectivity index (χ2n) is 6.55. The van der Waals surface area contributed by atoms with Crippen LogP contribution in [-0.4, -0.2) is 23.8 Å². The van der Waals surface area contributed by atoms with E-state index in [1.54, 1.807) is 19.4 Å². The van der Waals surface area contributed by atoms with Crippen LogP contribution in [0.4, 0.5) is 0 Å². The van der Waals surface area contributed by atoms with Crippen molar-refractivity contribution in [3.63, 3.8) is 0 Å². The minimum Gasteiger partial charge on any atom is -0.497 e. The SMILES string of the molecule is COc1ccc(-n2c(C)ccc2/C=N/NC(=O)c2cc3cc(Br)cc(I)c3o2)cc1. The van der Waals surface area contributed by atoms with E-state index in [1.807, 2.05) is 60.0 Å². The van der Waals surface area contributed by atoms with E-state index >= 15 is 0 Å². The predicted octanol–water partition coefficient (Wildman–Crippen LogP) is 5.67. The van der Waals surface area contributed by atoms with Crippen molar-refractivity contribution in [3.8, 4) is 11.4 Å². The van der Waals surface area contributed by atoms with Gasteiger partial charge in [0, 0.05) is 21.2 Å². The number of benzene rings is 2. The first-order valence-electron chi connectivity index (χ1n) is 9.01. The Morgan fingerprint density at radius 1 is 1.20 bits per heavy atom. The molecule has 4 rings (SSSR count). The summed E-state index contributed by atoms with van der Waals surface area (Å²) < 4.78 is 14.8. The molecule has 2 aromatic carbocycles. The van der Waals surface area contributed by atoms with Crippen molar-refractivity contribution in [2.45, 2.75) is 6.92 Å². The minimum atomic E-state index is -0.409. The van der Waals surface area contributed by atoms with Crippen LogP contribution < -0.4 is 10.2 Å². The van der Waals surface area contributed by atoms with E-state index in [9.17, 15) is 4.79 Å². The normalized spacial score (nSPS) is 11.3. The molecule has 0 atom stereocenters. The fourth-order valence-corrected chi connectivity index (χ4v) is 4.80. The van der Waals surface area contributed by atoms with E-state index in [-0.39, 0.29) is 5.76 Å².